The lowest BCUT2D eigenvalue weighted by atomic mass is 10.1. The first-order chi connectivity index (χ1) is 9.11. The molecule has 0 bridgehead atoms. The molecular formula is C15H18FN3. The fourth-order valence-electron chi connectivity index (χ4n) is 2.42. The number of benzene rings is 1. The van der Waals surface area contributed by atoms with Crippen molar-refractivity contribution in [2.75, 3.05) is 37.6 Å². The van der Waals surface area contributed by atoms with Gasteiger partial charge in [0.1, 0.15) is 17.4 Å². The molecule has 1 heterocycles. The Hall–Kier alpha value is -1.86. The van der Waals surface area contributed by atoms with E-state index in [2.05, 4.69) is 16.4 Å². The van der Waals surface area contributed by atoms with Crippen LogP contribution >= 0.6 is 0 Å². The van der Waals surface area contributed by atoms with Gasteiger partial charge >= 0.3 is 0 Å². The smallest absolute Gasteiger partial charge is 0.143 e. The van der Waals surface area contributed by atoms with E-state index in [1.54, 1.807) is 6.07 Å². The molecule has 0 saturated carbocycles. The van der Waals surface area contributed by atoms with Gasteiger partial charge in [0.25, 0.3) is 0 Å². The second-order valence-electron chi connectivity index (χ2n) is 4.97. The predicted octanol–water partition coefficient (Wildman–Crippen LogP) is 2.40. The van der Waals surface area contributed by atoms with Gasteiger partial charge in [-0.05, 0) is 19.1 Å². The maximum atomic E-state index is 13.6. The second-order valence-corrected chi connectivity index (χ2v) is 4.97. The molecule has 3 nitrogen and oxygen atoms in total. The molecule has 1 aliphatic rings. The molecule has 4 heteroatoms. The maximum Gasteiger partial charge on any atom is 0.143 e. The minimum atomic E-state index is -0.440. The molecule has 0 N–H and O–H groups in total. The van der Waals surface area contributed by atoms with Gasteiger partial charge < -0.3 is 4.90 Å². The largest absolute Gasteiger partial charge is 0.368 e. The van der Waals surface area contributed by atoms with E-state index in [0.717, 1.165) is 38.3 Å². The molecule has 0 spiro atoms. The molecule has 100 valence electrons. The molecule has 1 aromatic carbocycles. The van der Waals surface area contributed by atoms with Crippen LogP contribution in [0.4, 0.5) is 10.1 Å². The van der Waals surface area contributed by atoms with Crippen molar-refractivity contribution in [1.82, 2.24) is 4.90 Å². The zero-order valence-electron chi connectivity index (χ0n) is 11.2. The van der Waals surface area contributed by atoms with Crippen LogP contribution < -0.4 is 4.90 Å². The summed E-state index contributed by atoms with van der Waals surface area (Å²) in [4.78, 5) is 4.40. The van der Waals surface area contributed by atoms with Gasteiger partial charge in [-0.1, -0.05) is 18.2 Å². The Labute approximate surface area is 113 Å². The zero-order chi connectivity index (χ0) is 13.8. The lowest BCUT2D eigenvalue weighted by Crippen LogP contribution is -2.47. The summed E-state index contributed by atoms with van der Waals surface area (Å²) >= 11 is 0. The van der Waals surface area contributed by atoms with Gasteiger partial charge in [0.15, 0.2) is 0 Å². The molecule has 1 fully saturated rings. The number of halogens is 1. The molecule has 1 aliphatic heterocycles. The Bertz CT molecular complexity index is 511. The first-order valence-corrected chi connectivity index (χ1v) is 6.42. The van der Waals surface area contributed by atoms with Gasteiger partial charge in [0.2, 0.25) is 0 Å². The van der Waals surface area contributed by atoms with Crippen LogP contribution in [0.25, 0.3) is 0 Å². The highest BCUT2D eigenvalue weighted by Crippen LogP contribution is 2.23. The number of nitriles is 1. The summed E-state index contributed by atoms with van der Waals surface area (Å²) in [6, 6.07) is 6.77. The summed E-state index contributed by atoms with van der Waals surface area (Å²) in [5, 5.41) is 9.06. The van der Waals surface area contributed by atoms with Crippen LogP contribution in [0.5, 0.6) is 0 Å². The summed E-state index contributed by atoms with van der Waals surface area (Å²) in [6.45, 7) is 10.3. The van der Waals surface area contributed by atoms with Gasteiger partial charge in [-0.15, -0.1) is 0 Å². The normalized spacial score (nSPS) is 16.2. The van der Waals surface area contributed by atoms with Crippen molar-refractivity contribution < 1.29 is 4.39 Å². The van der Waals surface area contributed by atoms with Crippen molar-refractivity contribution in [2.45, 2.75) is 6.92 Å². The molecule has 0 unspecified atom stereocenters. The van der Waals surface area contributed by atoms with Crippen LogP contribution in [0, 0.1) is 17.1 Å². The quantitative estimate of drug-likeness (QED) is 0.781. The van der Waals surface area contributed by atoms with Crippen molar-refractivity contribution in [3.05, 3.63) is 41.7 Å². The summed E-state index contributed by atoms with van der Waals surface area (Å²) in [6.07, 6.45) is 0. The van der Waals surface area contributed by atoms with E-state index in [-0.39, 0.29) is 5.56 Å². The van der Waals surface area contributed by atoms with Crippen LogP contribution in [0.1, 0.15) is 12.5 Å². The summed E-state index contributed by atoms with van der Waals surface area (Å²) in [5.74, 6) is -0.440. The molecule has 1 aromatic rings. The summed E-state index contributed by atoms with van der Waals surface area (Å²) in [5.41, 5.74) is 2.00. The van der Waals surface area contributed by atoms with Crippen molar-refractivity contribution in [3.8, 4) is 6.07 Å². The minimum absolute atomic E-state index is 0.149. The Kier molecular flexibility index (Phi) is 4.18. The maximum absolute atomic E-state index is 13.6. The SMILES string of the molecule is C=C(C)CN1CCN(c2cccc(F)c2C#N)CC1. The number of hydrogen-bond donors (Lipinski definition) is 0. The van der Waals surface area contributed by atoms with E-state index in [4.69, 9.17) is 5.26 Å². The summed E-state index contributed by atoms with van der Waals surface area (Å²) in [7, 11) is 0. The van der Waals surface area contributed by atoms with E-state index >= 15 is 0 Å². The van der Waals surface area contributed by atoms with Crippen molar-refractivity contribution in [3.63, 3.8) is 0 Å². The molecule has 0 radical (unpaired) electrons. The van der Waals surface area contributed by atoms with Crippen LogP contribution in [-0.4, -0.2) is 37.6 Å². The Morgan fingerprint density at radius 1 is 1.37 bits per heavy atom. The lowest BCUT2D eigenvalue weighted by molar-refractivity contribution is 0.278. The van der Waals surface area contributed by atoms with Gasteiger partial charge in [0.05, 0.1) is 5.69 Å². The number of piperazine rings is 1. The first-order valence-electron chi connectivity index (χ1n) is 6.42. The van der Waals surface area contributed by atoms with Gasteiger partial charge in [-0.25, -0.2) is 4.39 Å². The average molecular weight is 259 g/mol. The van der Waals surface area contributed by atoms with E-state index in [9.17, 15) is 4.39 Å². The molecular weight excluding hydrogens is 241 g/mol. The van der Waals surface area contributed by atoms with Gasteiger partial charge in [-0.3, -0.25) is 4.90 Å². The summed E-state index contributed by atoms with van der Waals surface area (Å²) < 4.78 is 13.6. The minimum Gasteiger partial charge on any atom is -0.368 e. The standard InChI is InChI=1S/C15H18FN3/c1-12(2)11-18-6-8-19(9-7-18)15-5-3-4-14(16)13(15)10-17/h3-5H,1,6-9,11H2,2H3. The number of anilines is 1. The van der Waals surface area contributed by atoms with E-state index in [1.807, 2.05) is 19.1 Å². The molecule has 2 rings (SSSR count). The van der Waals surface area contributed by atoms with Gasteiger partial charge in [0, 0.05) is 32.7 Å². The third-order valence-corrected chi connectivity index (χ3v) is 3.31. The van der Waals surface area contributed by atoms with Crippen molar-refractivity contribution >= 4 is 5.69 Å². The van der Waals surface area contributed by atoms with Gasteiger partial charge in [-0.2, -0.15) is 5.26 Å². The second kappa shape index (κ2) is 5.85. The van der Waals surface area contributed by atoms with E-state index in [1.165, 1.54) is 6.07 Å². The Morgan fingerprint density at radius 3 is 2.63 bits per heavy atom. The highest BCUT2D eigenvalue weighted by molar-refractivity contribution is 5.60. The topological polar surface area (TPSA) is 30.3 Å². The van der Waals surface area contributed by atoms with Crippen LogP contribution in [0.2, 0.25) is 0 Å². The van der Waals surface area contributed by atoms with Crippen molar-refractivity contribution in [1.29, 1.82) is 5.26 Å². The highest BCUT2D eigenvalue weighted by Gasteiger charge is 2.20. The van der Waals surface area contributed by atoms with Crippen LogP contribution in [0.3, 0.4) is 0 Å². The molecule has 0 amide bonds. The fourth-order valence-corrected chi connectivity index (χ4v) is 2.42. The fraction of sp³-hybridized carbons (Fsp3) is 0.400. The Balaban J connectivity index is 2.08. The molecule has 1 saturated heterocycles. The van der Waals surface area contributed by atoms with Crippen molar-refractivity contribution in [2.24, 2.45) is 0 Å². The zero-order valence-corrected chi connectivity index (χ0v) is 11.2. The van der Waals surface area contributed by atoms with E-state index < -0.39 is 5.82 Å². The number of rotatable bonds is 3. The highest BCUT2D eigenvalue weighted by atomic mass is 19.1. The molecule has 0 aromatic heterocycles. The molecule has 0 aliphatic carbocycles. The van der Waals surface area contributed by atoms with Crippen LogP contribution in [0.15, 0.2) is 30.4 Å². The third-order valence-electron chi connectivity index (χ3n) is 3.31. The molecule has 19 heavy (non-hydrogen) atoms. The van der Waals surface area contributed by atoms with E-state index in [0.29, 0.717) is 5.69 Å². The molecule has 0 atom stereocenters. The third kappa shape index (κ3) is 3.12. The lowest BCUT2D eigenvalue weighted by Gasteiger charge is -2.36. The predicted molar refractivity (Wildman–Crippen MR) is 74.6 cm³/mol. The average Bonchev–Trinajstić information content (AvgIpc) is 2.38. The first kappa shape index (κ1) is 13.6. The van der Waals surface area contributed by atoms with Crippen LogP contribution in [-0.2, 0) is 0 Å². The monoisotopic (exact) mass is 259 g/mol. The number of hydrogen-bond acceptors (Lipinski definition) is 3. The number of nitrogens with zero attached hydrogens (tertiary/aromatic N) is 3. The Morgan fingerprint density at radius 2 is 2.05 bits per heavy atom.